The van der Waals surface area contributed by atoms with E-state index in [0.29, 0.717) is 6.61 Å². The molecule has 4 nitrogen and oxygen atoms in total. The Balaban J connectivity index is 1.57. The van der Waals surface area contributed by atoms with Gasteiger partial charge in [0, 0.05) is 5.56 Å². The zero-order valence-corrected chi connectivity index (χ0v) is 16.5. The predicted octanol–water partition coefficient (Wildman–Crippen LogP) is 5.53. The third-order valence-corrected chi connectivity index (χ3v) is 5.94. The molecule has 0 amide bonds. The van der Waals surface area contributed by atoms with Crippen molar-refractivity contribution in [3.8, 4) is 11.5 Å². The fourth-order valence-corrected chi connectivity index (χ4v) is 4.45. The molecule has 2 atom stereocenters. The molecule has 3 aromatic rings. The van der Waals surface area contributed by atoms with E-state index in [4.69, 9.17) is 9.47 Å². The lowest BCUT2D eigenvalue weighted by molar-refractivity contribution is -0.0340. The number of thiophene rings is 1. The van der Waals surface area contributed by atoms with Crippen LogP contribution >= 0.6 is 11.3 Å². The quantitative estimate of drug-likeness (QED) is 0.621. The summed E-state index contributed by atoms with van der Waals surface area (Å²) in [7, 11) is 0. The van der Waals surface area contributed by atoms with Gasteiger partial charge in [-0.3, -0.25) is 0 Å². The first-order valence-electron chi connectivity index (χ1n) is 9.63. The monoisotopic (exact) mass is 390 g/mol. The van der Waals surface area contributed by atoms with Crippen LogP contribution in [0.5, 0.6) is 11.5 Å². The molecule has 1 N–H and O–H groups in total. The van der Waals surface area contributed by atoms with Crippen LogP contribution in [-0.2, 0) is 0 Å². The van der Waals surface area contributed by atoms with Crippen LogP contribution in [0, 0.1) is 0 Å². The smallest absolute Gasteiger partial charge is 0.199 e. The molecule has 0 saturated heterocycles. The highest BCUT2D eigenvalue weighted by Gasteiger charge is 2.41. The number of nitrogens with one attached hydrogen (secondary N) is 1. The zero-order valence-electron chi connectivity index (χ0n) is 15.7. The number of hydrogen-bond acceptors (Lipinski definition) is 5. The molecule has 142 valence electrons. The van der Waals surface area contributed by atoms with Gasteiger partial charge in [0.05, 0.1) is 28.8 Å². The van der Waals surface area contributed by atoms with E-state index in [-0.39, 0.29) is 12.3 Å². The van der Waals surface area contributed by atoms with Crippen LogP contribution in [0.4, 0.5) is 0 Å². The van der Waals surface area contributed by atoms with Crippen LogP contribution in [0.1, 0.15) is 41.6 Å². The Kier molecular flexibility index (Phi) is 4.55. The molecule has 2 aliphatic heterocycles. The minimum atomic E-state index is -0.276. The van der Waals surface area contributed by atoms with Crippen molar-refractivity contribution in [3.05, 3.63) is 88.1 Å². The summed E-state index contributed by atoms with van der Waals surface area (Å²) in [5.41, 5.74) is 6.92. The molecule has 2 aromatic carbocycles. The molecule has 0 saturated carbocycles. The molecule has 0 radical (unpaired) electrons. The third kappa shape index (κ3) is 2.97. The molecule has 1 aromatic heterocycles. The Hall–Kier alpha value is -2.76. The van der Waals surface area contributed by atoms with E-state index in [2.05, 4.69) is 59.1 Å². The van der Waals surface area contributed by atoms with E-state index < -0.39 is 0 Å². The van der Waals surface area contributed by atoms with Gasteiger partial charge in [0.1, 0.15) is 11.5 Å². The summed E-state index contributed by atoms with van der Waals surface area (Å²) in [6, 6.07) is 20.8. The Labute approximate surface area is 169 Å². The van der Waals surface area contributed by atoms with Crippen molar-refractivity contribution < 1.29 is 9.47 Å². The molecule has 0 spiro atoms. The third-order valence-electron chi connectivity index (χ3n) is 5.04. The molecular formula is C23H22N2O2S. The van der Waals surface area contributed by atoms with Gasteiger partial charge in [-0.25, -0.2) is 0 Å². The van der Waals surface area contributed by atoms with Crippen LogP contribution in [0.2, 0.25) is 0 Å². The zero-order chi connectivity index (χ0) is 18.9. The Morgan fingerprint density at radius 1 is 1.04 bits per heavy atom. The number of benzene rings is 2. The molecule has 0 bridgehead atoms. The van der Waals surface area contributed by atoms with Crippen LogP contribution in [-0.4, -0.2) is 11.6 Å². The summed E-state index contributed by atoms with van der Waals surface area (Å²) in [4.78, 5) is 1.22. The summed E-state index contributed by atoms with van der Waals surface area (Å²) in [6.45, 7) is 2.81. The second-order valence-electron chi connectivity index (χ2n) is 6.92. The maximum atomic E-state index is 6.47. The van der Waals surface area contributed by atoms with Crippen molar-refractivity contribution in [2.45, 2.75) is 25.6 Å². The van der Waals surface area contributed by atoms with Gasteiger partial charge in [0.2, 0.25) is 0 Å². The van der Waals surface area contributed by atoms with E-state index in [1.54, 1.807) is 11.3 Å². The lowest BCUT2D eigenvalue weighted by Crippen LogP contribution is -2.43. The van der Waals surface area contributed by atoms with Crippen molar-refractivity contribution in [1.29, 1.82) is 0 Å². The highest BCUT2D eigenvalue weighted by Crippen LogP contribution is 2.47. The molecule has 0 fully saturated rings. The topological polar surface area (TPSA) is 33.7 Å². The number of hydrogen-bond donors (Lipinski definition) is 1. The number of ether oxygens (including phenoxy) is 2. The van der Waals surface area contributed by atoms with E-state index >= 15 is 0 Å². The van der Waals surface area contributed by atoms with Gasteiger partial charge in [0.25, 0.3) is 0 Å². The van der Waals surface area contributed by atoms with Crippen LogP contribution in [0.3, 0.4) is 0 Å². The van der Waals surface area contributed by atoms with Gasteiger partial charge < -0.3 is 14.9 Å². The van der Waals surface area contributed by atoms with E-state index in [0.717, 1.165) is 29.2 Å². The lowest BCUT2D eigenvalue weighted by Gasteiger charge is -2.39. The summed E-state index contributed by atoms with van der Waals surface area (Å²) >= 11 is 1.74. The summed E-state index contributed by atoms with van der Waals surface area (Å²) in [5.74, 6) is 1.79. The summed E-state index contributed by atoms with van der Waals surface area (Å²) in [6.07, 6.45) is 2.98. The average molecular weight is 391 g/mol. The van der Waals surface area contributed by atoms with Gasteiger partial charge in [0.15, 0.2) is 6.23 Å². The minimum absolute atomic E-state index is 0.103. The molecule has 2 unspecified atom stereocenters. The first-order valence-corrected chi connectivity index (χ1v) is 10.5. The summed E-state index contributed by atoms with van der Waals surface area (Å²) in [5, 5.41) is 4.29. The fraction of sp³-hybridized carbons (Fsp3) is 0.217. The number of para-hydroxylation sites is 2. The first kappa shape index (κ1) is 17.3. The van der Waals surface area contributed by atoms with Crippen molar-refractivity contribution in [3.63, 3.8) is 0 Å². The first-order chi connectivity index (χ1) is 13.8. The van der Waals surface area contributed by atoms with Crippen molar-refractivity contribution in [2.75, 3.05) is 6.61 Å². The minimum Gasteiger partial charge on any atom is -0.493 e. The van der Waals surface area contributed by atoms with Crippen LogP contribution in [0.25, 0.3) is 5.70 Å². The molecule has 0 aliphatic carbocycles. The number of hydrazine groups is 1. The SMILES string of the molecule is CCCOc1ccccc1C1Oc2ccccc2C2C=C(c3cccs3)NN21. The van der Waals surface area contributed by atoms with E-state index in [1.807, 2.05) is 30.3 Å². The Morgan fingerprint density at radius 3 is 2.68 bits per heavy atom. The highest BCUT2D eigenvalue weighted by molar-refractivity contribution is 7.11. The van der Waals surface area contributed by atoms with E-state index in [9.17, 15) is 0 Å². The lowest BCUT2D eigenvalue weighted by atomic mass is 10.0. The molecule has 5 heteroatoms. The maximum Gasteiger partial charge on any atom is 0.199 e. The molecular weight excluding hydrogens is 368 g/mol. The van der Waals surface area contributed by atoms with Gasteiger partial charge in [-0.15, -0.1) is 11.3 Å². The molecule has 28 heavy (non-hydrogen) atoms. The van der Waals surface area contributed by atoms with Crippen molar-refractivity contribution in [1.82, 2.24) is 10.4 Å². The number of nitrogens with zero attached hydrogens (tertiary/aromatic N) is 1. The summed E-state index contributed by atoms with van der Waals surface area (Å²) < 4.78 is 12.5. The maximum absolute atomic E-state index is 6.47. The standard InChI is InChI=1S/C23H22N2O2S/c1-2-13-26-20-10-5-4-9-17(20)23-25-19(16-8-3-6-11-21(16)27-23)15-18(24-25)22-12-7-14-28-22/h3-12,14-15,19,23-24H,2,13H2,1H3. The Bertz CT molecular complexity index is 999. The van der Waals surface area contributed by atoms with Gasteiger partial charge in [-0.2, -0.15) is 5.01 Å². The average Bonchev–Trinajstić information content (AvgIpc) is 3.42. The normalized spacial score (nSPS) is 20.5. The van der Waals surface area contributed by atoms with Gasteiger partial charge in [-0.1, -0.05) is 49.4 Å². The van der Waals surface area contributed by atoms with Gasteiger partial charge in [-0.05, 0) is 36.1 Å². The Morgan fingerprint density at radius 2 is 1.86 bits per heavy atom. The largest absolute Gasteiger partial charge is 0.493 e. The molecule has 5 rings (SSSR count). The molecule has 3 heterocycles. The highest BCUT2D eigenvalue weighted by atomic mass is 32.1. The fourth-order valence-electron chi connectivity index (χ4n) is 3.75. The predicted molar refractivity (Wildman–Crippen MR) is 112 cm³/mol. The number of rotatable bonds is 5. The number of fused-ring (bicyclic) bond motifs is 3. The van der Waals surface area contributed by atoms with Crippen LogP contribution in [0.15, 0.2) is 72.1 Å². The van der Waals surface area contributed by atoms with Crippen LogP contribution < -0.4 is 14.9 Å². The second kappa shape index (κ2) is 7.34. The second-order valence-corrected chi connectivity index (χ2v) is 7.86. The van der Waals surface area contributed by atoms with Crippen molar-refractivity contribution >= 4 is 17.0 Å². The van der Waals surface area contributed by atoms with E-state index in [1.165, 1.54) is 10.4 Å². The molecule has 2 aliphatic rings. The van der Waals surface area contributed by atoms with Crippen molar-refractivity contribution in [2.24, 2.45) is 0 Å². The van der Waals surface area contributed by atoms with Gasteiger partial charge >= 0.3 is 0 Å².